The maximum Gasteiger partial charge on any atom is 0.118 e. The molecule has 0 atom stereocenters. The summed E-state index contributed by atoms with van der Waals surface area (Å²) in [6.07, 6.45) is 2.36. The van der Waals surface area contributed by atoms with E-state index in [0.29, 0.717) is 0 Å². The van der Waals surface area contributed by atoms with Crippen LogP contribution in [0.25, 0.3) is 21.8 Å². The van der Waals surface area contributed by atoms with Crippen molar-refractivity contribution < 1.29 is 4.74 Å². The molecule has 0 N–H and O–H groups in total. The van der Waals surface area contributed by atoms with Gasteiger partial charge >= 0.3 is 0 Å². The number of unbranched alkanes of at least 4 members (excludes halogenated alkanes) is 1. The third-order valence-corrected chi connectivity index (χ3v) is 4.95. The van der Waals surface area contributed by atoms with E-state index >= 15 is 0 Å². The Kier molecular flexibility index (Phi) is 4.85. The van der Waals surface area contributed by atoms with Crippen LogP contribution in [-0.4, -0.2) is 11.7 Å². The molecule has 0 aliphatic rings. The first kappa shape index (κ1) is 17.2. The molecule has 0 unspecified atom stereocenters. The summed E-state index contributed by atoms with van der Waals surface area (Å²) in [7, 11) is 1.67. The van der Waals surface area contributed by atoms with Gasteiger partial charge in [-0.25, -0.2) is 0 Å². The van der Waals surface area contributed by atoms with Crippen LogP contribution in [0, 0.1) is 11.8 Å². The summed E-state index contributed by atoms with van der Waals surface area (Å²) >= 11 is 0. The van der Waals surface area contributed by atoms with Gasteiger partial charge in [0.1, 0.15) is 5.75 Å². The van der Waals surface area contributed by atoms with Crippen LogP contribution in [0.15, 0.2) is 66.7 Å². The second-order valence-corrected chi connectivity index (χ2v) is 6.73. The number of ether oxygens (including phenoxy) is 1. The van der Waals surface area contributed by atoms with Crippen molar-refractivity contribution in [3.8, 4) is 17.6 Å². The average molecular weight is 353 g/mol. The summed E-state index contributed by atoms with van der Waals surface area (Å²) < 4.78 is 7.64. The van der Waals surface area contributed by atoms with Crippen LogP contribution < -0.4 is 4.74 Å². The van der Waals surface area contributed by atoms with Crippen LogP contribution in [-0.2, 0) is 6.54 Å². The number of benzene rings is 3. The molecule has 0 saturated carbocycles. The molecule has 0 bridgehead atoms. The summed E-state index contributed by atoms with van der Waals surface area (Å²) in [6.45, 7) is 3.27. The predicted octanol–water partition coefficient (Wildman–Crippen LogP) is 6.00. The summed E-state index contributed by atoms with van der Waals surface area (Å²) in [5.41, 5.74) is 4.61. The van der Waals surface area contributed by atoms with Crippen LogP contribution in [0.2, 0.25) is 0 Å². The van der Waals surface area contributed by atoms with Crippen molar-refractivity contribution in [2.45, 2.75) is 26.3 Å². The minimum atomic E-state index is 0.849. The molecule has 134 valence electrons. The number of nitrogens with zero attached hydrogens (tertiary/aromatic N) is 1. The van der Waals surface area contributed by atoms with Gasteiger partial charge in [-0.05, 0) is 48.9 Å². The van der Waals surface area contributed by atoms with Crippen LogP contribution in [0.3, 0.4) is 0 Å². The summed E-state index contributed by atoms with van der Waals surface area (Å²) in [4.78, 5) is 0. The third-order valence-electron chi connectivity index (χ3n) is 4.95. The zero-order valence-corrected chi connectivity index (χ0v) is 15.8. The Labute approximate surface area is 160 Å². The molecule has 27 heavy (non-hydrogen) atoms. The van der Waals surface area contributed by atoms with Crippen LogP contribution >= 0.6 is 0 Å². The molecule has 0 saturated heterocycles. The standard InChI is InChI=1S/C25H23NO/c1-3-4-17-26-24-8-6-5-7-22(24)23-16-13-20(18-25(23)26)10-9-19-11-14-21(27-2)15-12-19/h5-8,11-16,18H,3-4,17H2,1-2H3. The smallest absolute Gasteiger partial charge is 0.118 e. The van der Waals surface area contributed by atoms with Crippen molar-refractivity contribution >= 4 is 21.8 Å². The minimum Gasteiger partial charge on any atom is -0.497 e. The Balaban J connectivity index is 1.77. The molecule has 1 aromatic heterocycles. The molecular formula is C25H23NO. The highest BCUT2D eigenvalue weighted by Crippen LogP contribution is 2.30. The molecule has 0 aliphatic carbocycles. The lowest BCUT2D eigenvalue weighted by molar-refractivity contribution is 0.415. The van der Waals surface area contributed by atoms with Gasteiger partial charge in [0.2, 0.25) is 0 Å². The van der Waals surface area contributed by atoms with Crippen molar-refractivity contribution in [1.82, 2.24) is 4.57 Å². The van der Waals surface area contributed by atoms with E-state index in [2.05, 4.69) is 65.8 Å². The lowest BCUT2D eigenvalue weighted by Gasteiger charge is -2.06. The molecule has 2 heteroatoms. The van der Waals surface area contributed by atoms with Crippen LogP contribution in [0.4, 0.5) is 0 Å². The maximum absolute atomic E-state index is 5.20. The maximum atomic E-state index is 5.20. The highest BCUT2D eigenvalue weighted by Gasteiger charge is 2.10. The fourth-order valence-corrected chi connectivity index (χ4v) is 3.50. The molecule has 4 rings (SSSR count). The SMILES string of the molecule is CCCCn1c2ccccc2c2ccc(C#Cc3ccc(OC)cc3)cc21. The molecule has 0 spiro atoms. The quantitative estimate of drug-likeness (QED) is 0.410. The number of hydrogen-bond donors (Lipinski definition) is 0. The number of aromatic nitrogens is 1. The van der Waals surface area contributed by atoms with Crippen molar-refractivity contribution in [1.29, 1.82) is 0 Å². The molecule has 2 nitrogen and oxygen atoms in total. The second kappa shape index (κ2) is 7.60. The normalized spacial score (nSPS) is 10.7. The van der Waals surface area contributed by atoms with Gasteiger partial charge in [0.25, 0.3) is 0 Å². The first-order valence-corrected chi connectivity index (χ1v) is 9.47. The largest absolute Gasteiger partial charge is 0.497 e. The van der Waals surface area contributed by atoms with Gasteiger partial charge in [0, 0.05) is 34.0 Å². The monoisotopic (exact) mass is 353 g/mol. The highest BCUT2D eigenvalue weighted by atomic mass is 16.5. The number of fused-ring (bicyclic) bond motifs is 3. The minimum absolute atomic E-state index is 0.849. The van der Waals surface area contributed by atoms with E-state index in [9.17, 15) is 0 Å². The molecule has 0 radical (unpaired) electrons. The Morgan fingerprint density at radius 3 is 2.30 bits per heavy atom. The average Bonchev–Trinajstić information content (AvgIpc) is 3.04. The molecule has 0 amide bonds. The van der Waals surface area contributed by atoms with Gasteiger partial charge in [-0.1, -0.05) is 49.5 Å². The van der Waals surface area contributed by atoms with Crippen molar-refractivity contribution in [3.63, 3.8) is 0 Å². The van der Waals surface area contributed by atoms with Crippen LogP contribution in [0.5, 0.6) is 5.75 Å². The topological polar surface area (TPSA) is 14.2 Å². The molecular weight excluding hydrogens is 330 g/mol. The lowest BCUT2D eigenvalue weighted by Crippen LogP contribution is -1.97. The summed E-state index contributed by atoms with van der Waals surface area (Å²) in [6, 6.07) is 23.1. The zero-order chi connectivity index (χ0) is 18.6. The van der Waals surface area contributed by atoms with Crippen LogP contribution in [0.1, 0.15) is 30.9 Å². The third kappa shape index (κ3) is 3.41. The van der Waals surface area contributed by atoms with E-state index < -0.39 is 0 Å². The molecule has 0 fully saturated rings. The van der Waals surface area contributed by atoms with Gasteiger partial charge in [0.15, 0.2) is 0 Å². The first-order chi connectivity index (χ1) is 13.3. The van der Waals surface area contributed by atoms with Crippen molar-refractivity contribution in [2.24, 2.45) is 0 Å². The van der Waals surface area contributed by atoms with E-state index in [0.717, 1.165) is 23.4 Å². The number of hydrogen-bond acceptors (Lipinski definition) is 1. The van der Waals surface area contributed by atoms with Gasteiger partial charge in [0.05, 0.1) is 12.6 Å². The fourth-order valence-electron chi connectivity index (χ4n) is 3.50. The van der Waals surface area contributed by atoms with Gasteiger partial charge in [-0.3, -0.25) is 0 Å². The van der Waals surface area contributed by atoms with E-state index in [1.165, 1.54) is 34.6 Å². The van der Waals surface area contributed by atoms with Crippen molar-refractivity contribution in [2.75, 3.05) is 7.11 Å². The lowest BCUT2D eigenvalue weighted by atomic mass is 10.1. The van der Waals surface area contributed by atoms with Crippen molar-refractivity contribution in [3.05, 3.63) is 77.9 Å². The molecule has 0 aliphatic heterocycles. The van der Waals surface area contributed by atoms with E-state index in [1.54, 1.807) is 7.11 Å². The number of rotatable bonds is 4. The Morgan fingerprint density at radius 2 is 1.52 bits per heavy atom. The Bertz CT molecular complexity index is 1140. The number of aryl methyl sites for hydroxylation is 1. The highest BCUT2D eigenvalue weighted by molar-refractivity contribution is 6.08. The fraction of sp³-hybridized carbons (Fsp3) is 0.200. The van der Waals surface area contributed by atoms with Gasteiger partial charge in [-0.15, -0.1) is 0 Å². The number of para-hydroxylation sites is 1. The molecule has 3 aromatic carbocycles. The molecule has 1 heterocycles. The Hall–Kier alpha value is -3.18. The van der Waals surface area contributed by atoms with E-state index in [-0.39, 0.29) is 0 Å². The van der Waals surface area contributed by atoms with Gasteiger partial charge in [-0.2, -0.15) is 0 Å². The van der Waals surface area contributed by atoms with Gasteiger partial charge < -0.3 is 9.30 Å². The summed E-state index contributed by atoms with van der Waals surface area (Å²) in [5.74, 6) is 7.42. The number of methoxy groups -OCH3 is 1. The molecule has 4 aromatic rings. The first-order valence-electron chi connectivity index (χ1n) is 9.47. The van der Waals surface area contributed by atoms with E-state index in [4.69, 9.17) is 4.74 Å². The summed E-state index contributed by atoms with van der Waals surface area (Å²) in [5, 5.41) is 2.62. The Morgan fingerprint density at radius 1 is 0.815 bits per heavy atom. The van der Waals surface area contributed by atoms with E-state index in [1.807, 2.05) is 24.3 Å². The predicted molar refractivity (Wildman–Crippen MR) is 113 cm³/mol. The zero-order valence-electron chi connectivity index (χ0n) is 15.8. The second-order valence-electron chi connectivity index (χ2n) is 6.73.